The van der Waals surface area contributed by atoms with Gasteiger partial charge in [0.2, 0.25) is 0 Å². The van der Waals surface area contributed by atoms with Crippen molar-refractivity contribution in [1.82, 2.24) is 4.90 Å². The number of amides is 1. The Balaban J connectivity index is 2.03. The fourth-order valence-electron chi connectivity index (χ4n) is 3.92. The van der Waals surface area contributed by atoms with Gasteiger partial charge in [-0.15, -0.1) is 0 Å². The summed E-state index contributed by atoms with van der Waals surface area (Å²) in [4.78, 5) is 27.3. The molecular formula is C26H30FNO5. The number of rotatable bonds is 10. The van der Waals surface area contributed by atoms with E-state index >= 15 is 0 Å². The molecule has 33 heavy (non-hydrogen) atoms. The second-order valence-corrected chi connectivity index (χ2v) is 8.07. The topological polar surface area (TPSA) is 76.1 Å². The number of hydrogen-bond donors (Lipinski definition) is 1. The molecule has 1 fully saturated rings. The lowest BCUT2D eigenvalue weighted by Gasteiger charge is -2.25. The number of aryl methyl sites for hydroxylation is 1. The van der Waals surface area contributed by atoms with Crippen LogP contribution in [-0.4, -0.2) is 48.6 Å². The van der Waals surface area contributed by atoms with Gasteiger partial charge in [-0.25, -0.2) is 4.39 Å². The van der Waals surface area contributed by atoms with Crippen LogP contribution in [0.5, 0.6) is 5.75 Å². The zero-order valence-corrected chi connectivity index (χ0v) is 19.3. The first-order valence-electron chi connectivity index (χ1n) is 11.2. The molecular weight excluding hydrogens is 425 g/mol. The second-order valence-electron chi connectivity index (χ2n) is 8.07. The second kappa shape index (κ2) is 11.1. The molecule has 1 aliphatic heterocycles. The van der Waals surface area contributed by atoms with Crippen molar-refractivity contribution in [2.45, 2.75) is 39.2 Å². The van der Waals surface area contributed by atoms with Crippen molar-refractivity contribution in [2.75, 3.05) is 26.9 Å². The molecule has 1 aliphatic rings. The molecule has 0 bridgehead atoms. The Morgan fingerprint density at radius 3 is 2.45 bits per heavy atom. The molecule has 6 nitrogen and oxygen atoms in total. The Kier molecular flexibility index (Phi) is 8.22. The van der Waals surface area contributed by atoms with Gasteiger partial charge in [-0.05, 0) is 61.2 Å². The maximum atomic E-state index is 13.5. The van der Waals surface area contributed by atoms with Crippen molar-refractivity contribution in [3.05, 3.63) is 70.5 Å². The van der Waals surface area contributed by atoms with Gasteiger partial charge in [-0.1, -0.05) is 25.5 Å². The minimum absolute atomic E-state index is 0.0110. The van der Waals surface area contributed by atoms with E-state index in [-0.39, 0.29) is 17.9 Å². The van der Waals surface area contributed by atoms with Crippen LogP contribution < -0.4 is 4.74 Å². The van der Waals surface area contributed by atoms with E-state index < -0.39 is 23.5 Å². The first-order valence-corrected chi connectivity index (χ1v) is 11.2. The molecule has 176 valence electrons. The number of carbonyl (C=O) groups excluding carboxylic acids is 2. The van der Waals surface area contributed by atoms with E-state index in [9.17, 15) is 19.1 Å². The first kappa shape index (κ1) is 24.5. The number of carbonyl (C=O) groups is 2. The average Bonchev–Trinajstić information content (AvgIpc) is 3.05. The van der Waals surface area contributed by atoms with E-state index in [1.54, 1.807) is 25.3 Å². The highest BCUT2D eigenvalue weighted by molar-refractivity contribution is 6.46. The number of methoxy groups -OCH3 is 1. The lowest BCUT2D eigenvalue weighted by molar-refractivity contribution is -0.140. The highest BCUT2D eigenvalue weighted by Crippen LogP contribution is 2.40. The van der Waals surface area contributed by atoms with E-state index in [2.05, 4.69) is 6.92 Å². The third-order valence-corrected chi connectivity index (χ3v) is 5.68. The molecule has 1 saturated heterocycles. The Bertz CT molecular complexity index is 1030. The minimum atomic E-state index is -0.816. The number of ether oxygens (including phenoxy) is 2. The van der Waals surface area contributed by atoms with Crippen molar-refractivity contribution in [3.63, 3.8) is 0 Å². The molecule has 3 rings (SSSR count). The van der Waals surface area contributed by atoms with Crippen LogP contribution in [-0.2, 0) is 14.3 Å². The van der Waals surface area contributed by atoms with Gasteiger partial charge in [0.1, 0.15) is 17.3 Å². The fraction of sp³-hybridized carbons (Fsp3) is 0.385. The zero-order chi connectivity index (χ0) is 24.0. The molecule has 0 saturated carbocycles. The van der Waals surface area contributed by atoms with Gasteiger partial charge in [0.25, 0.3) is 11.7 Å². The first-order chi connectivity index (χ1) is 15.9. The lowest BCUT2D eigenvalue weighted by Crippen LogP contribution is -2.31. The van der Waals surface area contributed by atoms with Gasteiger partial charge in [-0.3, -0.25) is 9.59 Å². The molecule has 1 amide bonds. The van der Waals surface area contributed by atoms with E-state index in [1.807, 2.05) is 6.92 Å². The van der Waals surface area contributed by atoms with Crippen LogP contribution in [0.25, 0.3) is 5.76 Å². The summed E-state index contributed by atoms with van der Waals surface area (Å²) in [6.45, 7) is 5.22. The summed E-state index contributed by atoms with van der Waals surface area (Å²) in [6.07, 6.45) is 2.47. The molecule has 7 heteroatoms. The number of Topliss-reactive ketones (excluding diaryl/α,β-unsaturated/α-hetero) is 1. The predicted octanol–water partition coefficient (Wildman–Crippen LogP) is 4.77. The Morgan fingerprint density at radius 1 is 1.09 bits per heavy atom. The summed E-state index contributed by atoms with van der Waals surface area (Å²) in [6, 6.07) is 9.94. The van der Waals surface area contributed by atoms with Gasteiger partial charge in [0.05, 0.1) is 18.2 Å². The molecule has 0 aromatic heterocycles. The summed E-state index contributed by atoms with van der Waals surface area (Å²) in [5.74, 6) is -1.45. The number of halogens is 1. The lowest BCUT2D eigenvalue weighted by atomic mass is 9.94. The monoisotopic (exact) mass is 455 g/mol. The average molecular weight is 456 g/mol. The van der Waals surface area contributed by atoms with Crippen LogP contribution in [0, 0.1) is 12.7 Å². The number of likely N-dealkylation sites (tertiary alicyclic amines) is 1. The van der Waals surface area contributed by atoms with Crippen molar-refractivity contribution in [3.8, 4) is 5.75 Å². The van der Waals surface area contributed by atoms with Crippen molar-refractivity contribution >= 4 is 17.4 Å². The van der Waals surface area contributed by atoms with Crippen molar-refractivity contribution in [2.24, 2.45) is 0 Å². The number of nitrogens with zero attached hydrogens (tertiary/aromatic N) is 1. The molecule has 1 heterocycles. The van der Waals surface area contributed by atoms with Gasteiger partial charge in [0, 0.05) is 25.8 Å². The molecule has 0 radical (unpaired) electrons. The van der Waals surface area contributed by atoms with Gasteiger partial charge in [-0.2, -0.15) is 0 Å². The summed E-state index contributed by atoms with van der Waals surface area (Å²) < 4.78 is 24.4. The summed E-state index contributed by atoms with van der Waals surface area (Å²) >= 11 is 0. The molecule has 2 aromatic carbocycles. The Morgan fingerprint density at radius 2 is 1.82 bits per heavy atom. The van der Waals surface area contributed by atoms with E-state index in [4.69, 9.17) is 9.47 Å². The molecule has 1 atom stereocenters. The third-order valence-electron chi connectivity index (χ3n) is 5.68. The van der Waals surface area contributed by atoms with E-state index in [0.29, 0.717) is 36.5 Å². The Labute approximate surface area is 193 Å². The highest BCUT2D eigenvalue weighted by Gasteiger charge is 2.45. The minimum Gasteiger partial charge on any atom is -0.507 e. The van der Waals surface area contributed by atoms with E-state index in [0.717, 1.165) is 18.4 Å². The van der Waals surface area contributed by atoms with Crippen LogP contribution in [0.2, 0.25) is 0 Å². The summed E-state index contributed by atoms with van der Waals surface area (Å²) in [5, 5.41) is 11.2. The standard InChI is InChI=1S/C26H30FNO5/c1-4-5-15-33-21-12-9-19(16-17(21)2)24(29)22-23(18-7-10-20(27)11-8-18)28(13-6-14-32-3)26(31)25(22)30/h7-12,16,23,29H,4-6,13-15H2,1-3H3/t23-/m0/s1. The maximum Gasteiger partial charge on any atom is 0.295 e. The normalized spacial score (nSPS) is 17.6. The van der Waals surface area contributed by atoms with Crippen molar-refractivity contribution < 1.29 is 28.6 Å². The van der Waals surface area contributed by atoms with Gasteiger partial charge < -0.3 is 19.5 Å². The number of benzene rings is 2. The largest absolute Gasteiger partial charge is 0.507 e. The van der Waals surface area contributed by atoms with E-state index in [1.165, 1.54) is 29.2 Å². The van der Waals surface area contributed by atoms with Gasteiger partial charge in [0.15, 0.2) is 0 Å². The highest BCUT2D eigenvalue weighted by atomic mass is 19.1. The number of aliphatic hydroxyl groups excluding tert-OH is 1. The SMILES string of the molecule is CCCCOc1ccc(C(O)=C2C(=O)C(=O)N(CCCOC)[C@H]2c2ccc(F)cc2)cc1C. The molecule has 0 aliphatic carbocycles. The quantitative estimate of drug-likeness (QED) is 0.242. The van der Waals surface area contributed by atoms with Gasteiger partial charge >= 0.3 is 0 Å². The van der Waals surface area contributed by atoms with Crippen LogP contribution in [0.4, 0.5) is 4.39 Å². The van der Waals surface area contributed by atoms with Crippen LogP contribution in [0.3, 0.4) is 0 Å². The third kappa shape index (κ3) is 5.42. The number of hydrogen-bond acceptors (Lipinski definition) is 5. The Hall–Kier alpha value is -3.19. The van der Waals surface area contributed by atoms with Crippen LogP contribution >= 0.6 is 0 Å². The summed E-state index contributed by atoms with van der Waals surface area (Å²) in [5.41, 5.74) is 1.76. The maximum absolute atomic E-state index is 13.5. The molecule has 0 spiro atoms. The fourth-order valence-corrected chi connectivity index (χ4v) is 3.92. The summed E-state index contributed by atoms with van der Waals surface area (Å²) in [7, 11) is 1.56. The molecule has 0 unspecified atom stereocenters. The smallest absolute Gasteiger partial charge is 0.295 e. The van der Waals surface area contributed by atoms with Crippen molar-refractivity contribution in [1.29, 1.82) is 0 Å². The number of aliphatic hydroxyl groups is 1. The predicted molar refractivity (Wildman–Crippen MR) is 123 cm³/mol. The number of ketones is 1. The molecule has 2 aromatic rings. The molecule has 1 N–H and O–H groups in total. The number of unbranched alkanes of at least 4 members (excludes halogenated alkanes) is 1. The zero-order valence-electron chi connectivity index (χ0n) is 19.3. The van der Waals surface area contributed by atoms with Crippen LogP contribution in [0.1, 0.15) is 48.9 Å². The van der Waals surface area contributed by atoms with Crippen LogP contribution in [0.15, 0.2) is 48.0 Å².